The van der Waals surface area contributed by atoms with Gasteiger partial charge in [-0.1, -0.05) is 47.0 Å². The monoisotopic (exact) mass is 225 g/mol. The second-order valence-electron chi connectivity index (χ2n) is 6.46. The molecule has 0 saturated heterocycles. The van der Waals surface area contributed by atoms with Crippen LogP contribution in [0.1, 0.15) is 72.6 Å². The fourth-order valence-electron chi connectivity index (χ4n) is 3.80. The van der Waals surface area contributed by atoms with Gasteiger partial charge < -0.3 is 5.73 Å². The summed E-state index contributed by atoms with van der Waals surface area (Å²) in [5.41, 5.74) is 7.07. The lowest BCUT2D eigenvalue weighted by Crippen LogP contribution is -2.45. The average molecular weight is 225 g/mol. The zero-order valence-electron chi connectivity index (χ0n) is 11.8. The Morgan fingerprint density at radius 1 is 1.12 bits per heavy atom. The molecule has 2 atom stereocenters. The van der Waals surface area contributed by atoms with Gasteiger partial charge in [-0.3, -0.25) is 0 Å². The van der Waals surface area contributed by atoms with Crippen LogP contribution in [-0.4, -0.2) is 6.04 Å². The Hall–Kier alpha value is -0.0400. The van der Waals surface area contributed by atoms with Crippen LogP contribution < -0.4 is 5.73 Å². The van der Waals surface area contributed by atoms with Gasteiger partial charge in [-0.2, -0.15) is 0 Å². The normalized spacial score (nSPS) is 23.6. The zero-order valence-corrected chi connectivity index (χ0v) is 11.8. The molecule has 0 radical (unpaired) electrons. The molecular formula is C15H31N. The zero-order chi connectivity index (χ0) is 12.2. The Bertz CT molecular complexity index is 192. The maximum absolute atomic E-state index is 6.59. The van der Waals surface area contributed by atoms with Crippen LogP contribution in [0.2, 0.25) is 0 Å². The van der Waals surface area contributed by atoms with E-state index in [0.29, 0.717) is 17.4 Å². The molecule has 2 N–H and O–H groups in total. The van der Waals surface area contributed by atoms with E-state index in [-0.39, 0.29) is 0 Å². The topological polar surface area (TPSA) is 26.0 Å². The fourth-order valence-corrected chi connectivity index (χ4v) is 3.80. The minimum atomic E-state index is 0.428. The lowest BCUT2D eigenvalue weighted by atomic mass is 9.68. The van der Waals surface area contributed by atoms with Gasteiger partial charge in [-0.05, 0) is 42.9 Å². The summed E-state index contributed by atoms with van der Waals surface area (Å²) in [7, 11) is 0. The summed E-state index contributed by atoms with van der Waals surface area (Å²) in [5, 5.41) is 0. The van der Waals surface area contributed by atoms with Crippen molar-refractivity contribution in [1.82, 2.24) is 0 Å². The van der Waals surface area contributed by atoms with Crippen molar-refractivity contribution in [2.75, 3.05) is 0 Å². The summed E-state index contributed by atoms with van der Waals surface area (Å²) in [4.78, 5) is 0. The summed E-state index contributed by atoms with van der Waals surface area (Å²) in [5.74, 6) is 1.49. The van der Waals surface area contributed by atoms with Crippen LogP contribution in [0.5, 0.6) is 0 Å². The van der Waals surface area contributed by atoms with E-state index in [1.54, 1.807) is 0 Å². The second-order valence-corrected chi connectivity index (χ2v) is 6.46. The van der Waals surface area contributed by atoms with E-state index < -0.39 is 0 Å². The van der Waals surface area contributed by atoms with E-state index in [2.05, 4.69) is 27.7 Å². The number of rotatable bonds is 6. The molecule has 0 bridgehead atoms. The maximum Gasteiger partial charge on any atom is 0.0121 e. The molecule has 1 aliphatic rings. The van der Waals surface area contributed by atoms with Crippen molar-refractivity contribution in [3.8, 4) is 0 Å². The van der Waals surface area contributed by atoms with Crippen molar-refractivity contribution in [1.29, 1.82) is 0 Å². The van der Waals surface area contributed by atoms with Crippen molar-refractivity contribution in [2.45, 2.75) is 78.7 Å². The molecule has 1 fully saturated rings. The number of nitrogens with two attached hydrogens (primary N) is 1. The Labute approximate surface area is 102 Å². The van der Waals surface area contributed by atoms with Crippen molar-refractivity contribution < 1.29 is 0 Å². The van der Waals surface area contributed by atoms with Crippen molar-refractivity contribution in [3.63, 3.8) is 0 Å². The van der Waals surface area contributed by atoms with E-state index in [1.165, 1.54) is 44.9 Å². The smallest absolute Gasteiger partial charge is 0.0121 e. The first-order valence-corrected chi connectivity index (χ1v) is 7.27. The molecule has 96 valence electrons. The second kappa shape index (κ2) is 6.05. The highest BCUT2D eigenvalue weighted by molar-refractivity contribution is 4.95. The Morgan fingerprint density at radius 2 is 1.69 bits per heavy atom. The maximum atomic E-state index is 6.59. The third kappa shape index (κ3) is 3.23. The molecule has 0 aromatic rings. The molecular weight excluding hydrogens is 194 g/mol. The molecule has 16 heavy (non-hydrogen) atoms. The fraction of sp³-hybridized carbons (Fsp3) is 1.00. The van der Waals surface area contributed by atoms with E-state index in [9.17, 15) is 0 Å². The molecule has 2 unspecified atom stereocenters. The van der Waals surface area contributed by atoms with Gasteiger partial charge in [0, 0.05) is 6.04 Å². The van der Waals surface area contributed by atoms with Crippen LogP contribution in [0.25, 0.3) is 0 Å². The highest BCUT2D eigenvalue weighted by atomic mass is 14.7. The van der Waals surface area contributed by atoms with Crippen molar-refractivity contribution in [3.05, 3.63) is 0 Å². The highest BCUT2D eigenvalue weighted by Gasteiger charge is 2.41. The molecule has 1 nitrogen and oxygen atoms in total. The van der Waals surface area contributed by atoms with Crippen LogP contribution >= 0.6 is 0 Å². The Balaban J connectivity index is 2.68. The molecule has 0 aromatic heterocycles. The van der Waals surface area contributed by atoms with Crippen LogP contribution in [0, 0.1) is 17.3 Å². The van der Waals surface area contributed by atoms with Gasteiger partial charge in [0.25, 0.3) is 0 Å². The molecule has 1 saturated carbocycles. The largest absolute Gasteiger partial charge is 0.327 e. The highest BCUT2D eigenvalue weighted by Crippen LogP contribution is 2.47. The first kappa shape index (κ1) is 14.0. The van der Waals surface area contributed by atoms with Crippen LogP contribution in [0.15, 0.2) is 0 Å². The molecule has 0 aromatic carbocycles. The lowest BCUT2D eigenvalue weighted by molar-refractivity contribution is 0.140. The lowest BCUT2D eigenvalue weighted by Gasteiger charge is -2.40. The third-order valence-corrected chi connectivity index (χ3v) is 4.48. The van der Waals surface area contributed by atoms with Crippen molar-refractivity contribution in [2.24, 2.45) is 23.0 Å². The molecule has 0 spiro atoms. The summed E-state index contributed by atoms with van der Waals surface area (Å²) >= 11 is 0. The van der Waals surface area contributed by atoms with Gasteiger partial charge in [0.1, 0.15) is 0 Å². The predicted molar refractivity (Wildman–Crippen MR) is 72.4 cm³/mol. The van der Waals surface area contributed by atoms with E-state index in [4.69, 9.17) is 5.73 Å². The summed E-state index contributed by atoms with van der Waals surface area (Å²) < 4.78 is 0. The molecule has 0 heterocycles. The van der Waals surface area contributed by atoms with Crippen molar-refractivity contribution >= 4 is 0 Å². The first-order chi connectivity index (χ1) is 7.52. The number of hydrogen-bond donors (Lipinski definition) is 1. The van der Waals surface area contributed by atoms with Gasteiger partial charge in [0.2, 0.25) is 0 Å². The van der Waals surface area contributed by atoms with Crippen LogP contribution in [-0.2, 0) is 0 Å². The van der Waals surface area contributed by atoms with Crippen LogP contribution in [0.3, 0.4) is 0 Å². The van der Waals surface area contributed by atoms with Gasteiger partial charge in [0.15, 0.2) is 0 Å². The molecule has 1 heteroatoms. The van der Waals surface area contributed by atoms with Crippen LogP contribution in [0.4, 0.5) is 0 Å². The third-order valence-electron chi connectivity index (χ3n) is 4.48. The van der Waals surface area contributed by atoms with E-state index in [0.717, 1.165) is 5.92 Å². The molecule has 1 aliphatic carbocycles. The van der Waals surface area contributed by atoms with Gasteiger partial charge in [0.05, 0.1) is 0 Å². The SMILES string of the molecule is CCCC(C)C(N)C1(CC(C)C)CCCC1. The van der Waals surface area contributed by atoms with E-state index >= 15 is 0 Å². The average Bonchev–Trinajstić information content (AvgIpc) is 2.65. The quantitative estimate of drug-likeness (QED) is 0.714. The number of hydrogen-bond acceptors (Lipinski definition) is 1. The van der Waals surface area contributed by atoms with Gasteiger partial charge in [-0.15, -0.1) is 0 Å². The first-order valence-electron chi connectivity index (χ1n) is 7.27. The Morgan fingerprint density at radius 3 is 2.12 bits per heavy atom. The standard InChI is InChI=1S/C15H31N/c1-5-8-13(4)14(16)15(11-12(2)3)9-6-7-10-15/h12-14H,5-11,16H2,1-4H3. The Kier molecular flexibility index (Phi) is 5.30. The van der Waals surface area contributed by atoms with Gasteiger partial charge in [-0.25, -0.2) is 0 Å². The molecule has 0 amide bonds. The summed E-state index contributed by atoms with van der Waals surface area (Å²) in [6.45, 7) is 9.32. The molecule has 1 rings (SSSR count). The summed E-state index contributed by atoms with van der Waals surface area (Å²) in [6, 6.07) is 0.428. The van der Waals surface area contributed by atoms with Gasteiger partial charge >= 0.3 is 0 Å². The minimum absolute atomic E-state index is 0.428. The van der Waals surface area contributed by atoms with E-state index in [1.807, 2.05) is 0 Å². The minimum Gasteiger partial charge on any atom is -0.327 e. The molecule has 0 aliphatic heterocycles. The summed E-state index contributed by atoms with van der Waals surface area (Å²) in [6.07, 6.45) is 9.45. The predicted octanol–water partition coefficient (Wildman–Crippen LogP) is 4.36.